The van der Waals surface area contributed by atoms with Crippen LogP contribution in [0.25, 0.3) is 27.4 Å². The fraction of sp³-hybridized carbons (Fsp3) is 0.0385. The zero-order chi connectivity index (χ0) is 25.6. The first-order valence-corrected chi connectivity index (χ1v) is 12.6. The summed E-state index contributed by atoms with van der Waals surface area (Å²) in [6.07, 6.45) is 1.11. The van der Waals surface area contributed by atoms with Gasteiger partial charge in [0.2, 0.25) is 0 Å². The number of nitrogens with zero attached hydrogens (tertiary/aromatic N) is 2. The molecule has 0 fully saturated rings. The molecule has 0 atom stereocenters. The number of halogens is 1. The zero-order valence-corrected chi connectivity index (χ0v) is 19.7. The van der Waals surface area contributed by atoms with Crippen molar-refractivity contribution in [1.82, 2.24) is 9.78 Å². The third-order valence-electron chi connectivity index (χ3n) is 5.78. The molecule has 2 amide bonds. The van der Waals surface area contributed by atoms with Crippen molar-refractivity contribution in [3.63, 3.8) is 0 Å². The first-order chi connectivity index (χ1) is 17.1. The van der Waals surface area contributed by atoms with E-state index in [1.54, 1.807) is 48.5 Å². The maximum absolute atomic E-state index is 14.1. The number of rotatable bonds is 5. The van der Waals surface area contributed by atoms with Gasteiger partial charge in [-0.3, -0.25) is 9.59 Å². The first kappa shape index (κ1) is 23.2. The quantitative estimate of drug-likeness (QED) is 0.375. The molecule has 36 heavy (non-hydrogen) atoms. The van der Waals surface area contributed by atoms with Gasteiger partial charge in [-0.2, -0.15) is 5.10 Å². The van der Waals surface area contributed by atoms with Gasteiger partial charge in [-0.05, 0) is 60.0 Å². The van der Waals surface area contributed by atoms with Gasteiger partial charge in [0, 0.05) is 22.7 Å². The topological polar surface area (TPSA) is 124 Å². The van der Waals surface area contributed by atoms with E-state index in [1.807, 2.05) is 0 Å². The maximum Gasteiger partial charge on any atom is 0.269 e. The smallest absolute Gasteiger partial charge is 0.269 e. The number of primary amides is 1. The van der Waals surface area contributed by atoms with Crippen molar-refractivity contribution in [2.45, 2.75) is 4.90 Å². The number of nitrogens with one attached hydrogen (secondary N) is 1. The molecule has 8 nitrogen and oxygen atoms in total. The van der Waals surface area contributed by atoms with Crippen LogP contribution >= 0.6 is 0 Å². The predicted molar refractivity (Wildman–Crippen MR) is 135 cm³/mol. The Labute approximate surface area is 205 Å². The minimum absolute atomic E-state index is 0.0416. The summed E-state index contributed by atoms with van der Waals surface area (Å²) in [6, 6.07) is 20.4. The molecule has 0 aliphatic carbocycles. The molecule has 5 aromatic rings. The van der Waals surface area contributed by atoms with Gasteiger partial charge in [-0.1, -0.05) is 24.3 Å². The van der Waals surface area contributed by atoms with Crippen LogP contribution in [0, 0.1) is 5.82 Å². The number of hydrogen-bond donors (Lipinski definition) is 2. The lowest BCUT2D eigenvalue weighted by molar-refractivity contribution is 0.0994. The molecule has 0 saturated heterocycles. The second-order valence-corrected chi connectivity index (χ2v) is 10.2. The van der Waals surface area contributed by atoms with Crippen molar-refractivity contribution in [3.05, 3.63) is 95.9 Å². The van der Waals surface area contributed by atoms with Gasteiger partial charge >= 0.3 is 0 Å². The van der Waals surface area contributed by atoms with Gasteiger partial charge in [-0.15, -0.1) is 0 Å². The van der Waals surface area contributed by atoms with Gasteiger partial charge in [0.25, 0.3) is 11.8 Å². The van der Waals surface area contributed by atoms with E-state index in [0.29, 0.717) is 27.7 Å². The van der Waals surface area contributed by atoms with E-state index in [1.165, 1.54) is 35.0 Å². The van der Waals surface area contributed by atoms with Crippen LogP contribution in [-0.4, -0.2) is 36.3 Å². The average Bonchev–Trinajstić information content (AvgIpc) is 3.24. The number of hydrogen-bond acceptors (Lipinski definition) is 5. The molecule has 3 N–H and O–H groups in total. The van der Waals surface area contributed by atoms with E-state index in [4.69, 9.17) is 5.73 Å². The molecule has 0 bridgehead atoms. The van der Waals surface area contributed by atoms with Gasteiger partial charge in [0.05, 0.1) is 21.7 Å². The Morgan fingerprint density at radius 2 is 1.64 bits per heavy atom. The third-order valence-corrected chi connectivity index (χ3v) is 6.91. The van der Waals surface area contributed by atoms with E-state index < -0.39 is 27.5 Å². The highest BCUT2D eigenvalue weighted by Crippen LogP contribution is 2.32. The van der Waals surface area contributed by atoms with Crippen molar-refractivity contribution < 1.29 is 22.4 Å². The van der Waals surface area contributed by atoms with Crippen LogP contribution in [0.2, 0.25) is 0 Å². The summed E-state index contributed by atoms with van der Waals surface area (Å²) in [5.41, 5.74) is 6.98. The second-order valence-electron chi connectivity index (χ2n) is 8.22. The van der Waals surface area contributed by atoms with Crippen LogP contribution in [0.3, 0.4) is 0 Å². The van der Waals surface area contributed by atoms with Gasteiger partial charge in [0.1, 0.15) is 5.82 Å². The van der Waals surface area contributed by atoms with Crippen molar-refractivity contribution in [3.8, 4) is 5.69 Å². The zero-order valence-electron chi connectivity index (χ0n) is 18.9. The lowest BCUT2D eigenvalue weighted by Gasteiger charge is -2.10. The molecule has 10 heteroatoms. The van der Waals surface area contributed by atoms with E-state index in [9.17, 15) is 22.4 Å². The summed E-state index contributed by atoms with van der Waals surface area (Å²) in [4.78, 5) is 24.9. The molecule has 4 aromatic carbocycles. The molecule has 0 spiro atoms. The molecule has 0 aliphatic rings. The molecule has 0 saturated carbocycles. The Morgan fingerprint density at radius 3 is 2.31 bits per heavy atom. The highest BCUT2D eigenvalue weighted by atomic mass is 32.2. The van der Waals surface area contributed by atoms with E-state index in [0.717, 1.165) is 11.6 Å². The molecule has 0 radical (unpaired) electrons. The fourth-order valence-corrected chi connectivity index (χ4v) is 4.68. The van der Waals surface area contributed by atoms with Crippen LogP contribution in [0.15, 0.2) is 83.8 Å². The number of aromatic nitrogens is 2. The predicted octanol–water partition coefficient (Wildman–Crippen LogP) is 4.07. The molecule has 0 unspecified atom stereocenters. The first-order valence-electron chi connectivity index (χ1n) is 10.7. The SMILES string of the molecule is CS(=O)(=O)c1ccc(-n2nc(C(N)=O)c3ccc4ccc(NC(=O)c5ccccc5F)cc4c32)cc1. The van der Waals surface area contributed by atoms with E-state index in [-0.39, 0.29) is 16.2 Å². The number of carbonyl (C=O) groups is 2. The molecular formula is C26H19FN4O4S. The lowest BCUT2D eigenvalue weighted by atomic mass is 10.0. The van der Waals surface area contributed by atoms with Crippen LogP contribution in [0.4, 0.5) is 10.1 Å². The summed E-state index contributed by atoms with van der Waals surface area (Å²) in [6.45, 7) is 0. The second kappa shape index (κ2) is 8.58. The molecule has 0 aliphatic heterocycles. The van der Waals surface area contributed by atoms with Crippen LogP contribution in [-0.2, 0) is 9.84 Å². The van der Waals surface area contributed by atoms with Crippen molar-refractivity contribution >= 4 is 49.0 Å². The van der Waals surface area contributed by atoms with Gasteiger partial charge in [-0.25, -0.2) is 17.5 Å². The minimum Gasteiger partial charge on any atom is -0.364 e. The highest BCUT2D eigenvalue weighted by molar-refractivity contribution is 7.90. The van der Waals surface area contributed by atoms with Crippen molar-refractivity contribution in [1.29, 1.82) is 0 Å². The molecule has 180 valence electrons. The molecule has 1 aromatic heterocycles. The summed E-state index contributed by atoms with van der Waals surface area (Å²) in [5, 5.41) is 9.03. The Morgan fingerprint density at radius 1 is 0.944 bits per heavy atom. The van der Waals surface area contributed by atoms with Crippen LogP contribution < -0.4 is 11.1 Å². The summed E-state index contributed by atoms with van der Waals surface area (Å²) in [7, 11) is -3.40. The molecular weight excluding hydrogens is 483 g/mol. The standard InChI is InChI=1S/C26H19FN4O4S/c1-36(34,35)18-11-9-17(10-12-18)31-24-20(23(30-31)25(28)32)13-7-15-6-8-16(14-21(15)24)29-26(33)19-4-2-3-5-22(19)27/h2-14H,1H3,(H2,28,32)(H,29,33). The number of anilines is 1. The number of amides is 2. The maximum atomic E-state index is 14.1. The normalized spacial score (nSPS) is 11.6. The number of carbonyl (C=O) groups excluding carboxylic acids is 2. The number of sulfone groups is 1. The average molecular weight is 503 g/mol. The number of fused-ring (bicyclic) bond motifs is 3. The largest absolute Gasteiger partial charge is 0.364 e. The number of nitrogens with two attached hydrogens (primary N) is 1. The van der Waals surface area contributed by atoms with Gasteiger partial charge < -0.3 is 11.1 Å². The molecule has 5 rings (SSSR count). The summed E-state index contributed by atoms with van der Waals surface area (Å²) < 4.78 is 39.3. The van der Waals surface area contributed by atoms with E-state index >= 15 is 0 Å². The Balaban J connectivity index is 1.68. The van der Waals surface area contributed by atoms with Crippen LogP contribution in [0.1, 0.15) is 20.8 Å². The lowest BCUT2D eigenvalue weighted by Crippen LogP contribution is -2.13. The third kappa shape index (κ3) is 4.07. The highest BCUT2D eigenvalue weighted by Gasteiger charge is 2.19. The number of benzene rings is 4. The molecule has 1 heterocycles. The monoisotopic (exact) mass is 502 g/mol. The summed E-state index contributed by atoms with van der Waals surface area (Å²) >= 11 is 0. The van der Waals surface area contributed by atoms with Gasteiger partial charge in [0.15, 0.2) is 15.5 Å². The van der Waals surface area contributed by atoms with Crippen LogP contribution in [0.5, 0.6) is 0 Å². The Kier molecular flexibility index (Phi) is 5.52. The van der Waals surface area contributed by atoms with E-state index in [2.05, 4.69) is 10.4 Å². The Bertz CT molecular complexity index is 1790. The van der Waals surface area contributed by atoms with Crippen molar-refractivity contribution in [2.24, 2.45) is 5.73 Å². The van der Waals surface area contributed by atoms with Crippen molar-refractivity contribution in [2.75, 3.05) is 11.6 Å². The minimum atomic E-state index is -3.40. The summed E-state index contributed by atoms with van der Waals surface area (Å²) in [5.74, 6) is -1.97. The fourth-order valence-electron chi connectivity index (χ4n) is 4.05. The Hall–Kier alpha value is -4.57.